The Morgan fingerprint density at radius 2 is 2.09 bits per heavy atom. The lowest BCUT2D eigenvalue weighted by molar-refractivity contribution is 0.380. The van der Waals surface area contributed by atoms with Crippen LogP contribution in [0.15, 0.2) is 29.4 Å². The number of nitrogens with one attached hydrogen (secondary N) is 1. The minimum atomic E-state index is -4.26. The van der Waals surface area contributed by atoms with E-state index in [-0.39, 0.29) is 11.4 Å². The molecular weight excluding hydrogens is 328 g/mol. The predicted octanol–water partition coefficient (Wildman–Crippen LogP) is 2.38. The molecule has 1 saturated carbocycles. The molecule has 1 fully saturated rings. The number of benzene rings is 1. The largest absolute Gasteiger partial charge is 0.494 e. The molecule has 0 unspecified atom stereocenters. The van der Waals surface area contributed by atoms with Crippen LogP contribution in [0.5, 0.6) is 5.75 Å². The normalized spacial score (nSPS) is 14.7. The maximum absolute atomic E-state index is 13.9. The van der Waals surface area contributed by atoms with Gasteiger partial charge in [0.2, 0.25) is 0 Å². The molecule has 0 saturated heterocycles. The fraction of sp³-hybridized carbons (Fsp3) is 0.357. The van der Waals surface area contributed by atoms with Gasteiger partial charge in [0.25, 0.3) is 10.0 Å². The highest BCUT2D eigenvalue weighted by molar-refractivity contribution is 7.92. The van der Waals surface area contributed by atoms with Crippen molar-refractivity contribution in [3.05, 3.63) is 36.2 Å². The van der Waals surface area contributed by atoms with Crippen molar-refractivity contribution in [1.29, 1.82) is 0 Å². The molecule has 6 nitrogen and oxygen atoms in total. The number of hydrogen-bond acceptors (Lipinski definition) is 4. The molecule has 1 aromatic heterocycles. The van der Waals surface area contributed by atoms with E-state index in [2.05, 4.69) is 14.6 Å². The van der Waals surface area contributed by atoms with Gasteiger partial charge in [0.05, 0.1) is 19.0 Å². The molecule has 1 aromatic carbocycles. The third kappa shape index (κ3) is 3.44. The number of sulfonamides is 1. The first-order valence-corrected chi connectivity index (χ1v) is 8.45. The number of nitrogens with zero attached hydrogens (tertiary/aromatic N) is 2. The Labute approximate surface area is 132 Å². The van der Waals surface area contributed by atoms with Gasteiger partial charge in [-0.15, -0.1) is 0 Å². The maximum Gasteiger partial charge on any atom is 0.265 e. The van der Waals surface area contributed by atoms with Gasteiger partial charge >= 0.3 is 0 Å². The first kappa shape index (κ1) is 15.7. The second kappa shape index (κ2) is 5.80. The lowest BCUT2D eigenvalue weighted by Gasteiger charge is -2.09. The summed E-state index contributed by atoms with van der Waals surface area (Å²) < 4.78 is 60.4. The predicted molar refractivity (Wildman–Crippen MR) is 78.7 cm³/mol. The summed E-state index contributed by atoms with van der Waals surface area (Å²) in [6.07, 6.45) is 5.12. The van der Waals surface area contributed by atoms with E-state index >= 15 is 0 Å². The molecule has 1 heterocycles. The van der Waals surface area contributed by atoms with E-state index in [1.807, 2.05) is 0 Å². The zero-order valence-corrected chi connectivity index (χ0v) is 13.1. The third-order valence-electron chi connectivity index (χ3n) is 3.52. The number of ether oxygens (including phenoxy) is 1. The SMILES string of the molecule is COc1cc(F)c(S(=O)(=O)Nc2cnn(CC3CC3)c2)cc1F. The number of hydrogen-bond donors (Lipinski definition) is 1. The second-order valence-electron chi connectivity index (χ2n) is 5.42. The van der Waals surface area contributed by atoms with E-state index in [4.69, 9.17) is 0 Å². The Morgan fingerprint density at radius 1 is 1.35 bits per heavy atom. The van der Waals surface area contributed by atoms with Crippen LogP contribution >= 0.6 is 0 Å². The van der Waals surface area contributed by atoms with Crippen LogP contribution in [-0.4, -0.2) is 25.3 Å². The monoisotopic (exact) mass is 343 g/mol. The van der Waals surface area contributed by atoms with E-state index in [1.165, 1.54) is 19.5 Å². The standard InChI is InChI=1S/C14H15F2N3O3S/c1-22-13-4-12(16)14(5-11(13)15)23(20,21)18-10-6-17-19(8-10)7-9-2-3-9/h4-6,8-9,18H,2-3,7H2,1H3. The van der Waals surface area contributed by atoms with E-state index in [0.29, 0.717) is 24.6 Å². The van der Waals surface area contributed by atoms with Gasteiger partial charge in [-0.1, -0.05) is 0 Å². The van der Waals surface area contributed by atoms with Gasteiger partial charge < -0.3 is 4.74 Å². The molecule has 0 amide bonds. The molecule has 0 atom stereocenters. The number of rotatable bonds is 6. The van der Waals surface area contributed by atoms with Crippen LogP contribution in [0.2, 0.25) is 0 Å². The topological polar surface area (TPSA) is 73.2 Å². The highest BCUT2D eigenvalue weighted by Crippen LogP contribution is 2.31. The van der Waals surface area contributed by atoms with Crippen molar-refractivity contribution in [3.63, 3.8) is 0 Å². The number of anilines is 1. The smallest absolute Gasteiger partial charge is 0.265 e. The van der Waals surface area contributed by atoms with Gasteiger partial charge in [-0.3, -0.25) is 9.40 Å². The molecule has 1 aliphatic rings. The minimum absolute atomic E-state index is 0.196. The number of methoxy groups -OCH3 is 1. The number of halogens is 2. The lowest BCUT2D eigenvalue weighted by atomic mass is 10.3. The van der Waals surface area contributed by atoms with Crippen LogP contribution in [0.1, 0.15) is 12.8 Å². The van der Waals surface area contributed by atoms with Crippen LogP contribution < -0.4 is 9.46 Å². The Hall–Kier alpha value is -2.16. The lowest BCUT2D eigenvalue weighted by Crippen LogP contribution is -2.15. The molecule has 23 heavy (non-hydrogen) atoms. The third-order valence-corrected chi connectivity index (χ3v) is 4.92. The first-order valence-electron chi connectivity index (χ1n) is 6.97. The summed E-state index contributed by atoms with van der Waals surface area (Å²) in [4.78, 5) is -0.786. The molecule has 0 radical (unpaired) electrons. The molecule has 9 heteroatoms. The van der Waals surface area contributed by atoms with E-state index in [0.717, 1.165) is 12.8 Å². The number of aromatic nitrogens is 2. The molecule has 0 bridgehead atoms. The summed E-state index contributed by atoms with van der Waals surface area (Å²) in [6, 6.07) is 1.28. The van der Waals surface area contributed by atoms with Crippen molar-refractivity contribution in [2.75, 3.05) is 11.8 Å². The van der Waals surface area contributed by atoms with Gasteiger partial charge in [-0.25, -0.2) is 17.2 Å². The van der Waals surface area contributed by atoms with Crippen LogP contribution in [-0.2, 0) is 16.6 Å². The Kier molecular flexibility index (Phi) is 3.97. The highest BCUT2D eigenvalue weighted by atomic mass is 32.2. The fourth-order valence-electron chi connectivity index (χ4n) is 2.16. The zero-order chi connectivity index (χ0) is 16.6. The summed E-state index contributed by atoms with van der Waals surface area (Å²) in [6.45, 7) is 0.716. The van der Waals surface area contributed by atoms with Gasteiger partial charge in [0, 0.05) is 24.9 Å². The minimum Gasteiger partial charge on any atom is -0.494 e. The average molecular weight is 343 g/mol. The molecule has 0 aliphatic heterocycles. The first-order chi connectivity index (χ1) is 10.9. The molecule has 1 N–H and O–H groups in total. The summed E-state index contributed by atoms with van der Waals surface area (Å²) in [5.41, 5.74) is 0.196. The van der Waals surface area contributed by atoms with Gasteiger partial charge in [0.15, 0.2) is 11.6 Å². The van der Waals surface area contributed by atoms with Crippen molar-refractivity contribution in [1.82, 2.24) is 9.78 Å². The van der Waals surface area contributed by atoms with Gasteiger partial charge in [0.1, 0.15) is 10.7 Å². The van der Waals surface area contributed by atoms with E-state index in [1.54, 1.807) is 4.68 Å². The Morgan fingerprint density at radius 3 is 2.74 bits per heavy atom. The van der Waals surface area contributed by atoms with Crippen LogP contribution in [0, 0.1) is 17.6 Å². The van der Waals surface area contributed by atoms with Crippen LogP contribution in [0.25, 0.3) is 0 Å². The molecule has 3 rings (SSSR count). The van der Waals surface area contributed by atoms with Crippen molar-refractivity contribution < 1.29 is 21.9 Å². The van der Waals surface area contributed by atoms with E-state index in [9.17, 15) is 17.2 Å². The van der Waals surface area contributed by atoms with Crippen molar-refractivity contribution in [3.8, 4) is 5.75 Å². The maximum atomic E-state index is 13.9. The zero-order valence-electron chi connectivity index (χ0n) is 12.3. The average Bonchev–Trinajstić information content (AvgIpc) is 3.20. The summed E-state index contributed by atoms with van der Waals surface area (Å²) in [7, 11) is -3.10. The molecule has 2 aromatic rings. The van der Waals surface area contributed by atoms with Gasteiger partial charge in [-0.05, 0) is 18.8 Å². The molecule has 124 valence electrons. The Balaban J connectivity index is 1.83. The van der Waals surface area contributed by atoms with Crippen LogP contribution in [0.3, 0.4) is 0 Å². The fourth-order valence-corrected chi connectivity index (χ4v) is 3.26. The second-order valence-corrected chi connectivity index (χ2v) is 7.07. The van der Waals surface area contributed by atoms with Crippen molar-refractivity contribution in [2.24, 2.45) is 5.92 Å². The van der Waals surface area contributed by atoms with Crippen LogP contribution in [0.4, 0.5) is 14.5 Å². The van der Waals surface area contributed by atoms with E-state index < -0.39 is 26.6 Å². The Bertz CT molecular complexity index is 832. The summed E-state index contributed by atoms with van der Waals surface area (Å²) in [5.74, 6) is -1.84. The molecule has 0 spiro atoms. The summed E-state index contributed by atoms with van der Waals surface area (Å²) >= 11 is 0. The van der Waals surface area contributed by atoms with Gasteiger partial charge in [-0.2, -0.15) is 5.10 Å². The quantitative estimate of drug-likeness (QED) is 0.874. The molecule has 1 aliphatic carbocycles. The highest BCUT2D eigenvalue weighted by Gasteiger charge is 2.24. The summed E-state index contributed by atoms with van der Waals surface area (Å²) in [5, 5.41) is 4.04. The molecular formula is C14H15F2N3O3S. The van der Waals surface area contributed by atoms with Crippen molar-refractivity contribution >= 4 is 15.7 Å². The van der Waals surface area contributed by atoms with Crippen molar-refractivity contribution in [2.45, 2.75) is 24.3 Å².